The second-order valence-corrected chi connectivity index (χ2v) is 5.32. The third-order valence-electron chi connectivity index (χ3n) is 3.32. The number of nitrogens with zero attached hydrogens (tertiary/aromatic N) is 2. The van der Waals surface area contributed by atoms with E-state index in [2.05, 4.69) is 31.0 Å². The summed E-state index contributed by atoms with van der Waals surface area (Å²) in [5.41, 5.74) is 1.28. The van der Waals surface area contributed by atoms with E-state index in [9.17, 15) is 5.11 Å². The van der Waals surface area contributed by atoms with Gasteiger partial charge in [0, 0.05) is 12.4 Å². The number of aliphatic hydroxyl groups is 1. The average Bonchev–Trinajstić information content (AvgIpc) is 2.82. The highest BCUT2D eigenvalue weighted by atomic mass is 16.5. The van der Waals surface area contributed by atoms with Crippen molar-refractivity contribution >= 4 is 0 Å². The SMILES string of the molecule is Cc1nccn1C[C@@H](O)COc1ccc(C(C)C)cc1. The van der Waals surface area contributed by atoms with Crippen LogP contribution in [0.15, 0.2) is 36.7 Å². The minimum atomic E-state index is -0.548. The number of benzene rings is 1. The Balaban J connectivity index is 1.84. The van der Waals surface area contributed by atoms with Crippen LogP contribution in [0.3, 0.4) is 0 Å². The highest BCUT2D eigenvalue weighted by Crippen LogP contribution is 2.18. The zero-order valence-electron chi connectivity index (χ0n) is 12.3. The zero-order chi connectivity index (χ0) is 14.5. The van der Waals surface area contributed by atoms with Crippen LogP contribution in [0, 0.1) is 6.92 Å². The summed E-state index contributed by atoms with van der Waals surface area (Å²) in [6.45, 7) is 7.01. The molecule has 0 unspecified atom stereocenters. The van der Waals surface area contributed by atoms with Gasteiger partial charge in [0.15, 0.2) is 0 Å². The summed E-state index contributed by atoms with van der Waals surface area (Å²) in [6.07, 6.45) is 3.04. The quantitative estimate of drug-likeness (QED) is 0.881. The largest absolute Gasteiger partial charge is 0.491 e. The first kappa shape index (κ1) is 14.6. The van der Waals surface area contributed by atoms with Gasteiger partial charge in [-0.1, -0.05) is 26.0 Å². The molecule has 0 amide bonds. The monoisotopic (exact) mass is 274 g/mol. The molecule has 1 heterocycles. The molecule has 4 nitrogen and oxygen atoms in total. The molecule has 0 aliphatic heterocycles. The lowest BCUT2D eigenvalue weighted by Crippen LogP contribution is -2.23. The molecule has 0 aliphatic rings. The Morgan fingerprint density at radius 3 is 2.50 bits per heavy atom. The zero-order valence-corrected chi connectivity index (χ0v) is 12.3. The molecule has 20 heavy (non-hydrogen) atoms. The molecule has 0 saturated heterocycles. The van der Waals surface area contributed by atoms with Crippen molar-refractivity contribution in [3.63, 3.8) is 0 Å². The van der Waals surface area contributed by atoms with Gasteiger partial charge in [0.05, 0.1) is 6.54 Å². The average molecular weight is 274 g/mol. The molecular formula is C16H22N2O2. The van der Waals surface area contributed by atoms with Gasteiger partial charge in [0.25, 0.3) is 0 Å². The fourth-order valence-corrected chi connectivity index (χ4v) is 2.02. The molecule has 1 aromatic carbocycles. The van der Waals surface area contributed by atoms with E-state index in [1.165, 1.54) is 5.56 Å². The van der Waals surface area contributed by atoms with Gasteiger partial charge in [-0.25, -0.2) is 4.98 Å². The van der Waals surface area contributed by atoms with Gasteiger partial charge in [0.2, 0.25) is 0 Å². The second kappa shape index (κ2) is 6.57. The molecule has 1 atom stereocenters. The van der Waals surface area contributed by atoms with Gasteiger partial charge in [0.1, 0.15) is 24.3 Å². The number of aliphatic hydroxyl groups excluding tert-OH is 1. The number of ether oxygens (including phenoxy) is 1. The summed E-state index contributed by atoms with van der Waals surface area (Å²) >= 11 is 0. The third kappa shape index (κ3) is 3.84. The molecular weight excluding hydrogens is 252 g/mol. The van der Waals surface area contributed by atoms with Crippen molar-refractivity contribution in [2.45, 2.75) is 39.3 Å². The van der Waals surface area contributed by atoms with Crippen LogP contribution in [0.25, 0.3) is 0 Å². The minimum absolute atomic E-state index is 0.276. The van der Waals surface area contributed by atoms with E-state index in [-0.39, 0.29) is 6.61 Å². The smallest absolute Gasteiger partial charge is 0.119 e. The van der Waals surface area contributed by atoms with E-state index in [1.807, 2.05) is 29.8 Å². The summed E-state index contributed by atoms with van der Waals surface area (Å²) < 4.78 is 7.52. The molecule has 0 spiro atoms. The first-order valence-corrected chi connectivity index (χ1v) is 6.95. The molecule has 2 aromatic rings. The number of aryl methyl sites for hydroxylation is 1. The maximum atomic E-state index is 9.98. The van der Waals surface area contributed by atoms with Crippen LogP contribution < -0.4 is 4.74 Å². The predicted molar refractivity (Wildman–Crippen MR) is 79.0 cm³/mol. The Labute approximate surface area is 120 Å². The fraction of sp³-hybridized carbons (Fsp3) is 0.438. The Kier molecular flexibility index (Phi) is 4.79. The molecule has 0 radical (unpaired) electrons. The lowest BCUT2D eigenvalue weighted by Gasteiger charge is -2.14. The maximum absolute atomic E-state index is 9.98. The molecule has 2 rings (SSSR count). The van der Waals surface area contributed by atoms with Crippen LogP contribution >= 0.6 is 0 Å². The van der Waals surface area contributed by atoms with E-state index < -0.39 is 6.10 Å². The Morgan fingerprint density at radius 2 is 1.95 bits per heavy atom. The maximum Gasteiger partial charge on any atom is 0.119 e. The molecule has 0 aliphatic carbocycles. The van der Waals surface area contributed by atoms with Crippen molar-refractivity contribution in [3.8, 4) is 5.75 Å². The molecule has 0 fully saturated rings. The summed E-state index contributed by atoms with van der Waals surface area (Å²) in [6, 6.07) is 8.02. The van der Waals surface area contributed by atoms with E-state index in [4.69, 9.17) is 4.74 Å². The van der Waals surface area contributed by atoms with Crippen molar-refractivity contribution in [1.29, 1.82) is 0 Å². The highest BCUT2D eigenvalue weighted by molar-refractivity contribution is 5.28. The van der Waals surface area contributed by atoms with Crippen LogP contribution in [0.2, 0.25) is 0 Å². The summed E-state index contributed by atoms with van der Waals surface area (Å²) in [4.78, 5) is 4.13. The molecule has 0 saturated carbocycles. The topological polar surface area (TPSA) is 47.3 Å². The van der Waals surface area contributed by atoms with Gasteiger partial charge in [-0.3, -0.25) is 0 Å². The molecule has 108 valence electrons. The standard InChI is InChI=1S/C16H22N2O2/c1-12(2)14-4-6-16(7-5-14)20-11-15(19)10-18-9-8-17-13(18)3/h4-9,12,15,19H,10-11H2,1-3H3/t15-/m1/s1. The van der Waals surface area contributed by atoms with Gasteiger partial charge >= 0.3 is 0 Å². The number of imidazole rings is 1. The number of hydrogen-bond acceptors (Lipinski definition) is 3. The summed E-state index contributed by atoms with van der Waals surface area (Å²) in [5, 5.41) is 9.98. The van der Waals surface area contributed by atoms with E-state index in [1.54, 1.807) is 6.20 Å². The number of hydrogen-bond donors (Lipinski definition) is 1. The van der Waals surface area contributed by atoms with Gasteiger partial charge < -0.3 is 14.4 Å². The molecule has 1 aromatic heterocycles. The van der Waals surface area contributed by atoms with E-state index in [0.29, 0.717) is 12.5 Å². The second-order valence-electron chi connectivity index (χ2n) is 5.32. The van der Waals surface area contributed by atoms with Gasteiger partial charge in [-0.2, -0.15) is 0 Å². The third-order valence-corrected chi connectivity index (χ3v) is 3.32. The number of aromatic nitrogens is 2. The van der Waals surface area contributed by atoms with Crippen molar-refractivity contribution in [1.82, 2.24) is 9.55 Å². The van der Waals surface area contributed by atoms with Crippen molar-refractivity contribution in [2.75, 3.05) is 6.61 Å². The Morgan fingerprint density at radius 1 is 1.25 bits per heavy atom. The number of rotatable bonds is 6. The van der Waals surface area contributed by atoms with Gasteiger partial charge in [-0.15, -0.1) is 0 Å². The lowest BCUT2D eigenvalue weighted by atomic mass is 10.0. The van der Waals surface area contributed by atoms with Crippen LogP contribution in [0.4, 0.5) is 0 Å². The van der Waals surface area contributed by atoms with Crippen LogP contribution in [-0.4, -0.2) is 27.4 Å². The molecule has 0 bridgehead atoms. The Bertz CT molecular complexity index is 532. The first-order chi connectivity index (χ1) is 9.56. The predicted octanol–water partition coefficient (Wildman–Crippen LogP) is 2.75. The summed E-state index contributed by atoms with van der Waals surface area (Å²) in [7, 11) is 0. The van der Waals surface area contributed by atoms with E-state index in [0.717, 1.165) is 11.6 Å². The van der Waals surface area contributed by atoms with Gasteiger partial charge in [-0.05, 0) is 30.5 Å². The Hall–Kier alpha value is -1.81. The first-order valence-electron chi connectivity index (χ1n) is 6.95. The van der Waals surface area contributed by atoms with Crippen LogP contribution in [-0.2, 0) is 6.54 Å². The van der Waals surface area contributed by atoms with Crippen LogP contribution in [0.5, 0.6) is 5.75 Å². The van der Waals surface area contributed by atoms with Crippen molar-refractivity contribution in [2.24, 2.45) is 0 Å². The molecule has 1 N–H and O–H groups in total. The minimum Gasteiger partial charge on any atom is -0.491 e. The fourth-order valence-electron chi connectivity index (χ4n) is 2.02. The van der Waals surface area contributed by atoms with Crippen LogP contribution in [0.1, 0.15) is 31.2 Å². The highest BCUT2D eigenvalue weighted by Gasteiger charge is 2.08. The normalized spacial score (nSPS) is 12.7. The molecule has 4 heteroatoms. The summed E-state index contributed by atoms with van der Waals surface area (Å²) in [5.74, 6) is 2.19. The van der Waals surface area contributed by atoms with Crippen molar-refractivity contribution < 1.29 is 9.84 Å². The lowest BCUT2D eigenvalue weighted by molar-refractivity contribution is 0.0919. The van der Waals surface area contributed by atoms with Crippen molar-refractivity contribution in [3.05, 3.63) is 48.0 Å². The van der Waals surface area contributed by atoms with E-state index >= 15 is 0 Å².